The minimum absolute atomic E-state index is 0.0285. The second-order valence-electron chi connectivity index (χ2n) is 7.63. The minimum Gasteiger partial charge on any atom is -0.378 e. The highest BCUT2D eigenvalue weighted by molar-refractivity contribution is 6.31. The lowest BCUT2D eigenvalue weighted by molar-refractivity contribution is -0.122. The summed E-state index contributed by atoms with van der Waals surface area (Å²) in [7, 11) is 0. The van der Waals surface area contributed by atoms with E-state index < -0.39 is 0 Å². The summed E-state index contributed by atoms with van der Waals surface area (Å²) in [5.74, 6) is -0.0779. The van der Waals surface area contributed by atoms with Crippen molar-refractivity contribution in [2.24, 2.45) is 0 Å². The SMILES string of the molecule is O=C(CCOCC1CCCO1)NCC(c1ccccc1Cl)c1c[nH]c2ccccc12. The van der Waals surface area contributed by atoms with E-state index in [1.807, 2.05) is 48.7 Å². The molecule has 1 saturated heterocycles. The van der Waals surface area contributed by atoms with E-state index in [1.54, 1.807) is 0 Å². The molecule has 3 aromatic rings. The third kappa shape index (κ3) is 5.04. The molecule has 2 atom stereocenters. The van der Waals surface area contributed by atoms with E-state index in [-0.39, 0.29) is 17.9 Å². The predicted molar refractivity (Wildman–Crippen MR) is 119 cm³/mol. The Morgan fingerprint density at radius 2 is 2.03 bits per heavy atom. The molecule has 158 valence electrons. The molecule has 0 spiro atoms. The van der Waals surface area contributed by atoms with Crippen LogP contribution >= 0.6 is 11.6 Å². The van der Waals surface area contributed by atoms with Gasteiger partial charge in [0, 0.05) is 47.6 Å². The number of para-hydroxylation sites is 1. The topological polar surface area (TPSA) is 63.4 Å². The monoisotopic (exact) mass is 426 g/mol. The van der Waals surface area contributed by atoms with Crippen LogP contribution in [0.25, 0.3) is 10.9 Å². The van der Waals surface area contributed by atoms with Crippen LogP contribution in [0.3, 0.4) is 0 Å². The van der Waals surface area contributed by atoms with Crippen LogP contribution in [0.15, 0.2) is 54.7 Å². The molecule has 2 heterocycles. The molecule has 5 nitrogen and oxygen atoms in total. The molecule has 2 N–H and O–H groups in total. The molecule has 1 aliphatic heterocycles. The zero-order chi connectivity index (χ0) is 20.8. The Hall–Kier alpha value is -2.34. The summed E-state index contributed by atoms with van der Waals surface area (Å²) in [4.78, 5) is 15.8. The Labute approximate surface area is 181 Å². The van der Waals surface area contributed by atoms with Crippen LogP contribution in [0.4, 0.5) is 0 Å². The zero-order valence-corrected chi connectivity index (χ0v) is 17.7. The number of rotatable bonds is 9. The van der Waals surface area contributed by atoms with Crippen LogP contribution in [-0.4, -0.2) is 43.4 Å². The fourth-order valence-corrected chi connectivity index (χ4v) is 4.25. The number of fused-ring (bicyclic) bond motifs is 1. The summed E-state index contributed by atoms with van der Waals surface area (Å²) in [6.07, 6.45) is 4.65. The highest BCUT2D eigenvalue weighted by Crippen LogP contribution is 2.34. The average Bonchev–Trinajstić information content (AvgIpc) is 3.43. The first kappa shape index (κ1) is 20.9. The summed E-state index contributed by atoms with van der Waals surface area (Å²) in [6, 6.07) is 16.0. The van der Waals surface area contributed by atoms with Gasteiger partial charge in [-0.05, 0) is 36.1 Å². The highest BCUT2D eigenvalue weighted by Gasteiger charge is 2.21. The lowest BCUT2D eigenvalue weighted by Gasteiger charge is -2.19. The quantitative estimate of drug-likeness (QED) is 0.489. The predicted octanol–water partition coefficient (Wildman–Crippen LogP) is 4.66. The van der Waals surface area contributed by atoms with Gasteiger partial charge in [0.2, 0.25) is 5.91 Å². The molecular weight excluding hydrogens is 400 g/mol. The molecule has 0 aliphatic carbocycles. The maximum atomic E-state index is 12.4. The van der Waals surface area contributed by atoms with Crippen molar-refractivity contribution in [3.05, 3.63) is 70.9 Å². The Morgan fingerprint density at radius 3 is 2.87 bits per heavy atom. The molecule has 30 heavy (non-hydrogen) atoms. The Morgan fingerprint density at radius 1 is 1.20 bits per heavy atom. The number of ether oxygens (including phenoxy) is 2. The summed E-state index contributed by atoms with van der Waals surface area (Å²) < 4.78 is 11.2. The van der Waals surface area contributed by atoms with Crippen molar-refractivity contribution in [3.63, 3.8) is 0 Å². The molecule has 1 aromatic heterocycles. The average molecular weight is 427 g/mol. The number of halogens is 1. The number of carbonyl (C=O) groups is 1. The second-order valence-corrected chi connectivity index (χ2v) is 8.03. The van der Waals surface area contributed by atoms with E-state index in [4.69, 9.17) is 21.1 Å². The van der Waals surface area contributed by atoms with Crippen molar-refractivity contribution in [1.29, 1.82) is 0 Å². The van der Waals surface area contributed by atoms with E-state index in [1.165, 1.54) is 0 Å². The number of aromatic amines is 1. The summed E-state index contributed by atoms with van der Waals surface area (Å²) in [5.41, 5.74) is 3.19. The molecule has 1 amide bonds. The third-order valence-corrected chi connectivity index (χ3v) is 5.93. The number of hydrogen-bond acceptors (Lipinski definition) is 3. The number of hydrogen-bond donors (Lipinski definition) is 2. The van der Waals surface area contributed by atoms with Crippen LogP contribution in [0.5, 0.6) is 0 Å². The van der Waals surface area contributed by atoms with E-state index >= 15 is 0 Å². The maximum Gasteiger partial charge on any atom is 0.222 e. The first-order valence-corrected chi connectivity index (χ1v) is 10.9. The van der Waals surface area contributed by atoms with E-state index in [2.05, 4.69) is 16.4 Å². The van der Waals surface area contributed by atoms with Gasteiger partial charge < -0.3 is 19.8 Å². The number of nitrogens with one attached hydrogen (secondary N) is 2. The van der Waals surface area contributed by atoms with Gasteiger partial charge in [0.1, 0.15) is 0 Å². The number of carbonyl (C=O) groups excluding carboxylic acids is 1. The molecule has 2 unspecified atom stereocenters. The van der Waals surface area contributed by atoms with Gasteiger partial charge in [0.05, 0.1) is 19.3 Å². The summed E-state index contributed by atoms with van der Waals surface area (Å²) in [6.45, 7) is 2.24. The van der Waals surface area contributed by atoms with Crippen molar-refractivity contribution in [2.45, 2.75) is 31.3 Å². The van der Waals surface area contributed by atoms with Gasteiger partial charge in [-0.3, -0.25) is 4.79 Å². The van der Waals surface area contributed by atoms with Gasteiger partial charge >= 0.3 is 0 Å². The third-order valence-electron chi connectivity index (χ3n) is 5.58. The fourth-order valence-electron chi connectivity index (χ4n) is 3.99. The van der Waals surface area contributed by atoms with Crippen molar-refractivity contribution >= 4 is 28.4 Å². The van der Waals surface area contributed by atoms with Gasteiger partial charge in [0.25, 0.3) is 0 Å². The molecule has 1 fully saturated rings. The van der Waals surface area contributed by atoms with Crippen LogP contribution < -0.4 is 5.32 Å². The molecule has 0 bridgehead atoms. The van der Waals surface area contributed by atoms with Crippen molar-refractivity contribution < 1.29 is 14.3 Å². The van der Waals surface area contributed by atoms with Gasteiger partial charge in [-0.2, -0.15) is 0 Å². The van der Waals surface area contributed by atoms with Crippen LogP contribution in [0.1, 0.15) is 36.3 Å². The smallest absolute Gasteiger partial charge is 0.222 e. The number of H-pyrrole nitrogens is 1. The lowest BCUT2D eigenvalue weighted by Crippen LogP contribution is -2.30. The van der Waals surface area contributed by atoms with Gasteiger partial charge in [-0.15, -0.1) is 0 Å². The summed E-state index contributed by atoms with van der Waals surface area (Å²) >= 11 is 6.51. The maximum absolute atomic E-state index is 12.4. The largest absolute Gasteiger partial charge is 0.378 e. The Bertz CT molecular complexity index is 981. The minimum atomic E-state index is -0.0494. The second kappa shape index (κ2) is 10.1. The van der Waals surface area contributed by atoms with Crippen LogP contribution in [0.2, 0.25) is 5.02 Å². The van der Waals surface area contributed by atoms with E-state index in [0.717, 1.165) is 41.5 Å². The number of amides is 1. The molecular formula is C24H27ClN2O3. The molecule has 2 aromatic carbocycles. The van der Waals surface area contributed by atoms with Crippen molar-refractivity contribution in [3.8, 4) is 0 Å². The molecule has 4 rings (SSSR count). The Balaban J connectivity index is 1.40. The fraction of sp³-hybridized carbons (Fsp3) is 0.375. The van der Waals surface area contributed by atoms with Crippen molar-refractivity contribution in [1.82, 2.24) is 10.3 Å². The number of aromatic nitrogens is 1. The van der Waals surface area contributed by atoms with E-state index in [0.29, 0.717) is 31.2 Å². The van der Waals surface area contributed by atoms with Gasteiger partial charge in [-0.1, -0.05) is 48.0 Å². The zero-order valence-electron chi connectivity index (χ0n) is 16.9. The lowest BCUT2D eigenvalue weighted by atomic mass is 9.90. The van der Waals surface area contributed by atoms with Crippen molar-refractivity contribution in [2.75, 3.05) is 26.4 Å². The molecule has 6 heteroatoms. The first-order chi connectivity index (χ1) is 14.7. The highest BCUT2D eigenvalue weighted by atomic mass is 35.5. The van der Waals surface area contributed by atoms with Gasteiger partial charge in [0.15, 0.2) is 0 Å². The normalized spacial score (nSPS) is 17.3. The van der Waals surface area contributed by atoms with Crippen LogP contribution in [-0.2, 0) is 14.3 Å². The molecule has 1 aliphatic rings. The van der Waals surface area contributed by atoms with Gasteiger partial charge in [-0.25, -0.2) is 0 Å². The summed E-state index contributed by atoms with van der Waals surface area (Å²) in [5, 5.41) is 4.90. The first-order valence-electron chi connectivity index (χ1n) is 10.5. The Kier molecular flexibility index (Phi) is 7.05. The molecule has 0 radical (unpaired) electrons. The van der Waals surface area contributed by atoms with E-state index in [9.17, 15) is 4.79 Å². The standard InChI is InChI=1S/C24H27ClN2O3/c25-22-9-3-1-7-18(22)20(21-14-26-23-10-4-2-8-19(21)23)15-27-24(28)11-13-29-16-17-6-5-12-30-17/h1-4,7-10,14,17,20,26H,5-6,11-13,15-16H2,(H,27,28). The molecule has 0 saturated carbocycles. The number of benzene rings is 2. The van der Waals surface area contributed by atoms with Crippen LogP contribution in [0, 0.1) is 0 Å².